The van der Waals surface area contributed by atoms with Crippen LogP contribution in [-0.2, 0) is 16.0 Å². The molecule has 2 aromatic rings. The van der Waals surface area contributed by atoms with Gasteiger partial charge in [-0.3, -0.25) is 24.2 Å². The van der Waals surface area contributed by atoms with Gasteiger partial charge in [-0.05, 0) is 12.5 Å². The van der Waals surface area contributed by atoms with Crippen molar-refractivity contribution in [2.75, 3.05) is 53.0 Å². The van der Waals surface area contributed by atoms with Gasteiger partial charge in [0.2, 0.25) is 5.78 Å². The number of ketones is 3. The van der Waals surface area contributed by atoms with Crippen molar-refractivity contribution in [3.8, 4) is 17.2 Å². The van der Waals surface area contributed by atoms with E-state index in [4.69, 9.17) is 9.47 Å². The smallest absolute Gasteiger partial charge is 0.202 e. The fourth-order valence-corrected chi connectivity index (χ4v) is 6.54. The van der Waals surface area contributed by atoms with Crippen LogP contribution in [0.1, 0.15) is 61.9 Å². The standard InChI is InChI=1S/C30H32N2O8/c1-39-20-7-5-6-17-23(20)29(37)25-24(26(17)34)27(35)18-14-30(38,21(33)16-31-8-3-2-4-9-31)15-19(22(18)28(25)36)32-10-12-40-13-11-32/h2-3,5-7,19,35-36,38H,4,8-16H2,1H3. The Morgan fingerprint density at radius 3 is 2.50 bits per heavy atom. The molecule has 0 bridgehead atoms. The molecule has 6 rings (SSSR count). The molecule has 0 radical (unpaired) electrons. The van der Waals surface area contributed by atoms with Crippen LogP contribution < -0.4 is 4.74 Å². The molecule has 10 heteroatoms. The van der Waals surface area contributed by atoms with E-state index in [9.17, 15) is 29.7 Å². The summed E-state index contributed by atoms with van der Waals surface area (Å²) in [6.45, 7) is 3.09. The van der Waals surface area contributed by atoms with Crippen LogP contribution in [0.25, 0.3) is 0 Å². The largest absolute Gasteiger partial charge is 0.507 e. The van der Waals surface area contributed by atoms with E-state index in [0.717, 1.165) is 6.42 Å². The van der Waals surface area contributed by atoms with Crippen LogP contribution in [0.3, 0.4) is 0 Å². The van der Waals surface area contributed by atoms with Gasteiger partial charge >= 0.3 is 0 Å². The molecule has 2 aromatic carbocycles. The zero-order valence-electron chi connectivity index (χ0n) is 22.3. The molecular weight excluding hydrogens is 516 g/mol. The molecule has 2 aliphatic carbocycles. The van der Waals surface area contributed by atoms with Crippen LogP contribution >= 0.6 is 0 Å². The van der Waals surface area contributed by atoms with E-state index in [1.54, 1.807) is 12.1 Å². The third-order valence-electron chi connectivity index (χ3n) is 8.61. The van der Waals surface area contributed by atoms with E-state index in [-0.39, 0.29) is 64.3 Å². The molecule has 2 atom stereocenters. The molecule has 40 heavy (non-hydrogen) atoms. The van der Waals surface area contributed by atoms with Crippen molar-refractivity contribution in [2.45, 2.75) is 30.9 Å². The molecule has 1 fully saturated rings. The topological polar surface area (TPSA) is 137 Å². The number of nitrogens with zero attached hydrogens (tertiary/aromatic N) is 2. The van der Waals surface area contributed by atoms with Gasteiger partial charge in [0, 0.05) is 61.8 Å². The van der Waals surface area contributed by atoms with Gasteiger partial charge in [-0.2, -0.15) is 0 Å². The normalized spacial score (nSPS) is 24.8. The maximum absolute atomic E-state index is 13.8. The number of fused-ring (bicyclic) bond motifs is 3. The number of carbonyl (C=O) groups is 3. The van der Waals surface area contributed by atoms with Crippen LogP contribution in [-0.4, -0.2) is 101 Å². The molecule has 2 aliphatic heterocycles. The van der Waals surface area contributed by atoms with Crippen molar-refractivity contribution in [3.63, 3.8) is 0 Å². The number of aliphatic hydroxyl groups is 1. The number of hydrogen-bond acceptors (Lipinski definition) is 10. The van der Waals surface area contributed by atoms with Crippen LogP contribution in [0.5, 0.6) is 17.2 Å². The number of benzene rings is 2. The molecule has 0 saturated carbocycles. The minimum atomic E-state index is -1.85. The van der Waals surface area contributed by atoms with Gasteiger partial charge in [-0.15, -0.1) is 0 Å². The molecule has 3 N–H and O–H groups in total. The maximum Gasteiger partial charge on any atom is 0.202 e. The summed E-state index contributed by atoms with van der Waals surface area (Å²) in [6, 6.07) is 3.91. The van der Waals surface area contributed by atoms with Crippen molar-refractivity contribution in [1.29, 1.82) is 0 Å². The van der Waals surface area contributed by atoms with Gasteiger partial charge in [0.1, 0.15) is 22.8 Å². The lowest BCUT2D eigenvalue weighted by Crippen LogP contribution is -2.53. The number of ether oxygens (including phenoxy) is 2. The summed E-state index contributed by atoms with van der Waals surface area (Å²) in [7, 11) is 1.39. The van der Waals surface area contributed by atoms with Crippen molar-refractivity contribution >= 4 is 17.3 Å². The van der Waals surface area contributed by atoms with Crippen molar-refractivity contribution in [2.24, 2.45) is 0 Å². The maximum atomic E-state index is 13.8. The Labute approximate surface area is 231 Å². The van der Waals surface area contributed by atoms with Gasteiger partial charge < -0.3 is 24.8 Å². The first-order chi connectivity index (χ1) is 19.2. The van der Waals surface area contributed by atoms with Gasteiger partial charge in [-0.25, -0.2) is 0 Å². The number of hydrogen-bond donors (Lipinski definition) is 3. The van der Waals surface area contributed by atoms with E-state index in [1.807, 2.05) is 15.9 Å². The summed E-state index contributed by atoms with van der Waals surface area (Å²) in [4.78, 5) is 45.0. The Hall–Kier alpha value is -3.57. The zero-order valence-corrected chi connectivity index (χ0v) is 22.3. The molecule has 0 spiro atoms. The van der Waals surface area contributed by atoms with E-state index < -0.39 is 34.7 Å². The quantitative estimate of drug-likeness (QED) is 0.320. The van der Waals surface area contributed by atoms with E-state index >= 15 is 0 Å². The summed E-state index contributed by atoms with van der Waals surface area (Å²) in [5.41, 5.74) is -2.00. The van der Waals surface area contributed by atoms with Crippen LogP contribution in [0, 0.1) is 0 Å². The predicted octanol–water partition coefficient (Wildman–Crippen LogP) is 1.76. The third kappa shape index (κ3) is 4.14. The summed E-state index contributed by atoms with van der Waals surface area (Å²) >= 11 is 0. The van der Waals surface area contributed by atoms with E-state index in [0.29, 0.717) is 39.4 Å². The predicted molar refractivity (Wildman–Crippen MR) is 143 cm³/mol. The highest BCUT2D eigenvalue weighted by molar-refractivity contribution is 6.31. The first-order valence-electron chi connectivity index (χ1n) is 13.6. The lowest BCUT2D eigenvalue weighted by atomic mass is 9.70. The molecule has 210 valence electrons. The summed E-state index contributed by atoms with van der Waals surface area (Å²) in [6.07, 6.45) is 4.53. The molecule has 2 heterocycles. The van der Waals surface area contributed by atoms with Crippen molar-refractivity contribution in [3.05, 3.63) is 63.7 Å². The summed E-state index contributed by atoms with van der Waals surface area (Å²) in [5.74, 6) is -2.36. The molecular formula is C30H32N2O8. The lowest BCUT2D eigenvalue weighted by Gasteiger charge is -2.44. The van der Waals surface area contributed by atoms with Crippen LogP contribution in [0.15, 0.2) is 30.4 Å². The number of morpholine rings is 1. The van der Waals surface area contributed by atoms with E-state index in [2.05, 4.69) is 6.08 Å². The number of methoxy groups -OCH3 is 1. The van der Waals surface area contributed by atoms with Crippen LogP contribution in [0.2, 0.25) is 0 Å². The molecule has 0 amide bonds. The van der Waals surface area contributed by atoms with Crippen molar-refractivity contribution < 1.29 is 39.2 Å². The number of Topliss-reactive ketones (excluding diaryl/α,β-unsaturated/α-hetero) is 1. The summed E-state index contributed by atoms with van der Waals surface area (Å²) in [5, 5.41) is 35.2. The average molecular weight is 549 g/mol. The number of aromatic hydroxyl groups is 2. The second-order valence-corrected chi connectivity index (χ2v) is 10.9. The second-order valence-electron chi connectivity index (χ2n) is 10.9. The Morgan fingerprint density at radius 2 is 1.80 bits per heavy atom. The molecule has 0 aromatic heterocycles. The highest BCUT2D eigenvalue weighted by atomic mass is 16.5. The number of phenols is 2. The first-order valence-corrected chi connectivity index (χ1v) is 13.6. The van der Waals surface area contributed by atoms with Crippen molar-refractivity contribution in [1.82, 2.24) is 9.80 Å². The van der Waals surface area contributed by atoms with Gasteiger partial charge in [0.25, 0.3) is 0 Å². The lowest BCUT2D eigenvalue weighted by molar-refractivity contribution is -0.142. The monoisotopic (exact) mass is 548 g/mol. The SMILES string of the molecule is COc1cccc2c1C(=O)c1c(O)c3c(c(O)c1C2=O)CC(O)(C(=O)CN1CC=CCC1)CC3N1CCOCC1. The number of carbonyl (C=O) groups excluding carboxylic acids is 3. The minimum absolute atomic E-state index is 0.0261. The number of rotatable bonds is 5. The second kappa shape index (κ2) is 10.1. The fourth-order valence-electron chi connectivity index (χ4n) is 6.54. The Morgan fingerprint density at radius 1 is 1.05 bits per heavy atom. The van der Waals surface area contributed by atoms with Gasteiger partial charge in [0.05, 0.1) is 43.6 Å². The first kappa shape index (κ1) is 26.6. The van der Waals surface area contributed by atoms with Gasteiger partial charge in [0.15, 0.2) is 11.6 Å². The average Bonchev–Trinajstić information content (AvgIpc) is 2.97. The molecule has 10 nitrogen and oxygen atoms in total. The molecule has 2 unspecified atom stereocenters. The number of phenolic OH excluding ortho intramolecular Hbond substituents is 2. The van der Waals surface area contributed by atoms with E-state index in [1.165, 1.54) is 13.2 Å². The highest BCUT2D eigenvalue weighted by Gasteiger charge is 2.50. The zero-order chi connectivity index (χ0) is 28.2. The van der Waals surface area contributed by atoms with Gasteiger partial charge in [-0.1, -0.05) is 24.3 Å². The molecule has 4 aliphatic rings. The Bertz CT molecular complexity index is 1440. The molecule has 1 saturated heterocycles. The highest BCUT2D eigenvalue weighted by Crippen LogP contribution is 2.52. The minimum Gasteiger partial charge on any atom is -0.507 e. The Balaban J connectivity index is 1.50. The summed E-state index contributed by atoms with van der Waals surface area (Å²) < 4.78 is 10.9. The third-order valence-corrected chi connectivity index (χ3v) is 8.61. The fraction of sp³-hybridized carbons (Fsp3) is 0.433. The Kier molecular flexibility index (Phi) is 6.74. The van der Waals surface area contributed by atoms with Crippen LogP contribution in [0.4, 0.5) is 0 Å².